The number of aryl methyl sites for hydroxylation is 2. The Balaban J connectivity index is 1.82. The van der Waals surface area contributed by atoms with Crippen molar-refractivity contribution in [3.8, 4) is 5.75 Å². The van der Waals surface area contributed by atoms with Gasteiger partial charge in [0, 0.05) is 10.6 Å². The van der Waals surface area contributed by atoms with Crippen molar-refractivity contribution >= 4 is 38.2 Å². The van der Waals surface area contributed by atoms with Gasteiger partial charge in [0.05, 0.1) is 10.6 Å². The van der Waals surface area contributed by atoms with Gasteiger partial charge in [-0.05, 0) is 55.8 Å². The number of thiazole rings is 1. The third-order valence-electron chi connectivity index (χ3n) is 4.32. The molecule has 1 heterocycles. The second-order valence-electron chi connectivity index (χ2n) is 6.78. The van der Waals surface area contributed by atoms with E-state index in [4.69, 9.17) is 14.4 Å². The van der Waals surface area contributed by atoms with Gasteiger partial charge in [0.2, 0.25) is 5.13 Å². The second-order valence-corrected chi connectivity index (χ2v) is 9.38. The lowest BCUT2D eigenvalue weighted by Gasteiger charge is -2.16. The van der Waals surface area contributed by atoms with Crippen molar-refractivity contribution < 1.29 is 27.6 Å². The Hall–Kier alpha value is -3.39. The first kappa shape index (κ1) is 24.3. The summed E-state index contributed by atoms with van der Waals surface area (Å²) in [5.74, 6) is -0.755. The monoisotopic (exact) mass is 491 g/mol. The lowest BCUT2D eigenvalue weighted by Crippen LogP contribution is -2.26. The molecule has 0 fully saturated rings. The fraction of sp³-hybridized carbons (Fsp3) is 0.200. The fourth-order valence-electron chi connectivity index (χ4n) is 2.57. The Morgan fingerprint density at radius 3 is 2.55 bits per heavy atom. The van der Waals surface area contributed by atoms with E-state index < -0.39 is 28.9 Å². The van der Waals surface area contributed by atoms with Gasteiger partial charge < -0.3 is 15.3 Å². The molecule has 1 unspecified atom stereocenters. The minimum Gasteiger partial charge on any atom is -0.482 e. The van der Waals surface area contributed by atoms with Crippen molar-refractivity contribution in [3.63, 3.8) is 0 Å². The summed E-state index contributed by atoms with van der Waals surface area (Å²) in [6, 6.07) is 12.1. The topological polar surface area (TPSA) is 163 Å². The molecule has 3 rings (SSSR count). The normalized spacial score (nSPS) is 12.6. The molecule has 13 heteroatoms. The van der Waals surface area contributed by atoms with Gasteiger partial charge in [-0.25, -0.2) is 15.2 Å². The Morgan fingerprint density at radius 2 is 1.94 bits per heavy atom. The van der Waals surface area contributed by atoms with Crippen LogP contribution in [0.1, 0.15) is 22.3 Å². The zero-order valence-electron chi connectivity index (χ0n) is 17.6. The van der Waals surface area contributed by atoms with Gasteiger partial charge in [-0.2, -0.15) is 13.5 Å². The number of aromatic nitrogens is 1. The Morgan fingerprint density at radius 1 is 1.21 bits per heavy atom. The number of azo groups is 1. The number of carbonyl (C=O) groups is 1. The highest BCUT2D eigenvalue weighted by Crippen LogP contribution is 2.27. The molecule has 3 aromatic rings. The smallest absolute Gasteiger partial charge is 0.341 e. The molecular weight excluding hydrogens is 470 g/mol. The van der Waals surface area contributed by atoms with Gasteiger partial charge in [0.15, 0.2) is 12.8 Å². The summed E-state index contributed by atoms with van der Waals surface area (Å²) in [7, 11) is -4.29. The van der Waals surface area contributed by atoms with E-state index in [1.165, 1.54) is 35.6 Å². The standard InChI is InChI=1S/C20H21N5O6S2/c1-12-13(2)32-20(21-12)25-24-19(14-4-3-5-16(10-14)31-11-18(26)27)23-22-15-6-8-17(9-7-15)33(28,29)30/h3-10,19,22-23H,11H2,1-2H3,(H,26,27)(H,28,29,30). The van der Waals surface area contributed by atoms with Gasteiger partial charge in [-0.1, -0.05) is 23.5 Å². The van der Waals surface area contributed by atoms with Crippen molar-refractivity contribution in [2.75, 3.05) is 12.0 Å². The molecular formula is C20H21N5O6S2. The molecule has 11 nitrogen and oxygen atoms in total. The van der Waals surface area contributed by atoms with Crippen LogP contribution in [0.5, 0.6) is 5.75 Å². The molecule has 0 aliphatic heterocycles. The minimum atomic E-state index is -4.29. The van der Waals surface area contributed by atoms with E-state index in [0.717, 1.165) is 10.6 Å². The summed E-state index contributed by atoms with van der Waals surface area (Å²) in [6.45, 7) is 3.32. The van der Waals surface area contributed by atoms with E-state index in [9.17, 15) is 13.2 Å². The van der Waals surface area contributed by atoms with Crippen LogP contribution < -0.4 is 15.6 Å². The van der Waals surface area contributed by atoms with Crippen LogP contribution in [0.15, 0.2) is 63.7 Å². The number of carboxylic acids is 1. The maximum atomic E-state index is 11.2. The van der Waals surface area contributed by atoms with Crippen molar-refractivity contribution in [1.82, 2.24) is 10.4 Å². The number of anilines is 1. The SMILES string of the molecule is Cc1nc(N=NC(NNc2ccc(S(=O)(=O)O)cc2)c2cccc(OCC(=O)O)c2)sc1C. The van der Waals surface area contributed by atoms with E-state index in [1.54, 1.807) is 24.3 Å². The van der Waals surface area contributed by atoms with Crippen LogP contribution in [0.4, 0.5) is 10.8 Å². The van der Waals surface area contributed by atoms with Gasteiger partial charge >= 0.3 is 5.97 Å². The number of nitrogens with one attached hydrogen (secondary N) is 2. The van der Waals surface area contributed by atoms with Gasteiger partial charge in [0.25, 0.3) is 10.1 Å². The molecule has 0 bridgehead atoms. The van der Waals surface area contributed by atoms with Crippen LogP contribution in [0.2, 0.25) is 0 Å². The summed E-state index contributed by atoms with van der Waals surface area (Å²) >= 11 is 1.39. The average molecular weight is 492 g/mol. The number of hydrogen-bond acceptors (Lipinski definition) is 10. The third kappa shape index (κ3) is 7.05. The molecule has 0 spiro atoms. The zero-order chi connectivity index (χ0) is 24.0. The first-order valence-corrected chi connectivity index (χ1v) is 11.8. The van der Waals surface area contributed by atoms with Crippen molar-refractivity contribution in [2.24, 2.45) is 10.2 Å². The summed E-state index contributed by atoms with van der Waals surface area (Å²) in [5.41, 5.74) is 7.87. The number of hydrogen-bond donors (Lipinski definition) is 4. The predicted octanol–water partition coefficient (Wildman–Crippen LogP) is 3.87. The zero-order valence-corrected chi connectivity index (χ0v) is 19.2. The van der Waals surface area contributed by atoms with Gasteiger partial charge in [-0.3, -0.25) is 4.55 Å². The molecule has 0 aliphatic rings. The second kappa shape index (κ2) is 10.5. The first-order chi connectivity index (χ1) is 15.6. The van der Waals surface area contributed by atoms with Gasteiger partial charge in [-0.15, -0.1) is 5.11 Å². The molecule has 174 valence electrons. The molecule has 0 saturated carbocycles. The number of ether oxygens (including phenoxy) is 1. The number of rotatable bonds is 10. The summed E-state index contributed by atoms with van der Waals surface area (Å²) < 4.78 is 36.8. The molecule has 0 amide bonds. The molecule has 0 saturated heterocycles. The molecule has 4 N–H and O–H groups in total. The number of hydrazine groups is 1. The highest BCUT2D eigenvalue weighted by molar-refractivity contribution is 7.85. The van der Waals surface area contributed by atoms with Crippen molar-refractivity contribution in [3.05, 3.63) is 64.7 Å². The van der Waals surface area contributed by atoms with Crippen molar-refractivity contribution in [2.45, 2.75) is 24.9 Å². The van der Waals surface area contributed by atoms with Crippen LogP contribution in [0.25, 0.3) is 0 Å². The molecule has 0 radical (unpaired) electrons. The Bertz CT molecular complexity index is 1240. The average Bonchev–Trinajstić information content (AvgIpc) is 3.09. The Kier molecular flexibility index (Phi) is 7.71. The van der Waals surface area contributed by atoms with Crippen molar-refractivity contribution in [1.29, 1.82) is 0 Å². The van der Waals surface area contributed by atoms with E-state index in [-0.39, 0.29) is 4.90 Å². The number of benzene rings is 2. The molecule has 1 aromatic heterocycles. The van der Waals surface area contributed by atoms with E-state index in [2.05, 4.69) is 26.1 Å². The van der Waals surface area contributed by atoms with Crippen LogP contribution in [0.3, 0.4) is 0 Å². The molecule has 1 atom stereocenters. The lowest BCUT2D eigenvalue weighted by atomic mass is 10.2. The number of carboxylic acid groups (broad SMARTS) is 1. The van der Waals surface area contributed by atoms with Gasteiger partial charge in [0.1, 0.15) is 5.75 Å². The third-order valence-corrected chi connectivity index (χ3v) is 6.14. The maximum absolute atomic E-state index is 11.2. The summed E-state index contributed by atoms with van der Waals surface area (Å²) in [4.78, 5) is 15.9. The fourth-order valence-corrected chi connectivity index (χ4v) is 3.78. The summed E-state index contributed by atoms with van der Waals surface area (Å²) in [5, 5.41) is 17.8. The van der Waals surface area contributed by atoms with Crippen LogP contribution in [-0.4, -0.2) is 35.6 Å². The van der Waals surface area contributed by atoms with E-state index in [1.807, 2.05) is 13.8 Å². The van der Waals surface area contributed by atoms with Crippen LogP contribution in [-0.2, 0) is 14.9 Å². The van der Waals surface area contributed by atoms with Crippen LogP contribution >= 0.6 is 11.3 Å². The predicted molar refractivity (Wildman–Crippen MR) is 121 cm³/mol. The molecule has 33 heavy (non-hydrogen) atoms. The van der Waals surface area contributed by atoms with E-state index in [0.29, 0.717) is 22.1 Å². The molecule has 0 aliphatic carbocycles. The largest absolute Gasteiger partial charge is 0.482 e. The highest BCUT2D eigenvalue weighted by atomic mass is 32.2. The quantitative estimate of drug-likeness (QED) is 0.187. The Labute approximate surface area is 193 Å². The maximum Gasteiger partial charge on any atom is 0.341 e. The first-order valence-electron chi connectivity index (χ1n) is 9.50. The lowest BCUT2D eigenvalue weighted by molar-refractivity contribution is -0.139. The minimum absolute atomic E-state index is 0.234. The van der Waals surface area contributed by atoms with E-state index >= 15 is 0 Å². The molecule has 2 aromatic carbocycles. The number of nitrogens with zero attached hydrogens (tertiary/aromatic N) is 3. The number of aliphatic carboxylic acids is 1. The highest BCUT2D eigenvalue weighted by Gasteiger charge is 2.14. The summed E-state index contributed by atoms with van der Waals surface area (Å²) in [6.07, 6.45) is -0.732. The van der Waals surface area contributed by atoms with Crippen LogP contribution in [0, 0.1) is 13.8 Å².